The van der Waals surface area contributed by atoms with Gasteiger partial charge in [-0.2, -0.15) is 0 Å². The molecule has 0 saturated heterocycles. The standard InChI is InChI=1S/C10H14O3/c1-5-7(11)3-6-8(12)4-9(13-2)10(5)6/h6,8-9,12H,3-4H2,1-2H3/t6-,8+,9+/m1/s1. The Morgan fingerprint density at radius 1 is 1.54 bits per heavy atom. The van der Waals surface area contributed by atoms with Gasteiger partial charge in [-0.3, -0.25) is 4.79 Å². The smallest absolute Gasteiger partial charge is 0.159 e. The van der Waals surface area contributed by atoms with E-state index >= 15 is 0 Å². The second kappa shape index (κ2) is 2.93. The second-order valence-electron chi connectivity index (χ2n) is 3.84. The molecule has 3 atom stereocenters. The number of hydrogen-bond acceptors (Lipinski definition) is 3. The lowest BCUT2D eigenvalue weighted by atomic mass is 10.0. The molecule has 2 rings (SSSR count). The third-order valence-electron chi connectivity index (χ3n) is 3.21. The Bertz CT molecular complexity index is 280. The molecule has 0 aromatic heterocycles. The summed E-state index contributed by atoms with van der Waals surface area (Å²) in [5.74, 6) is 0.207. The van der Waals surface area contributed by atoms with Crippen LogP contribution in [0.3, 0.4) is 0 Å². The Balaban J connectivity index is 2.37. The molecular weight excluding hydrogens is 168 g/mol. The summed E-state index contributed by atoms with van der Waals surface area (Å²) in [5, 5.41) is 9.67. The van der Waals surface area contributed by atoms with Gasteiger partial charge in [0.15, 0.2) is 5.78 Å². The molecule has 0 aromatic carbocycles. The number of rotatable bonds is 1. The molecule has 1 saturated carbocycles. The predicted octanol–water partition coefficient (Wildman–Crippen LogP) is 0.671. The SMILES string of the molecule is CO[C@H]1C[C@H](O)[C@H]2CC(=O)C(C)=C12. The molecule has 0 unspecified atom stereocenters. The van der Waals surface area contributed by atoms with E-state index < -0.39 is 0 Å². The number of Topliss-reactive ketones (excluding diaryl/α,β-unsaturated/α-hetero) is 1. The predicted molar refractivity (Wildman–Crippen MR) is 47.2 cm³/mol. The summed E-state index contributed by atoms with van der Waals surface area (Å²) < 4.78 is 5.24. The summed E-state index contributed by atoms with van der Waals surface area (Å²) >= 11 is 0. The van der Waals surface area contributed by atoms with Crippen LogP contribution in [-0.2, 0) is 9.53 Å². The monoisotopic (exact) mass is 182 g/mol. The van der Waals surface area contributed by atoms with Crippen LogP contribution in [0.4, 0.5) is 0 Å². The van der Waals surface area contributed by atoms with E-state index in [1.165, 1.54) is 0 Å². The molecule has 3 heteroatoms. The fourth-order valence-corrected chi connectivity index (χ4v) is 2.46. The lowest BCUT2D eigenvalue weighted by Crippen LogP contribution is -2.13. The molecule has 0 aromatic rings. The van der Waals surface area contributed by atoms with Crippen molar-refractivity contribution in [1.82, 2.24) is 0 Å². The lowest BCUT2D eigenvalue weighted by molar-refractivity contribution is -0.115. The minimum absolute atomic E-state index is 0.0357. The summed E-state index contributed by atoms with van der Waals surface area (Å²) in [6.07, 6.45) is 0.691. The Labute approximate surface area is 77.4 Å². The normalized spacial score (nSPS) is 38.7. The Morgan fingerprint density at radius 3 is 2.85 bits per heavy atom. The van der Waals surface area contributed by atoms with Crippen LogP contribution in [0.2, 0.25) is 0 Å². The molecule has 1 N–H and O–H groups in total. The van der Waals surface area contributed by atoms with Crippen molar-refractivity contribution in [2.24, 2.45) is 5.92 Å². The van der Waals surface area contributed by atoms with Crippen molar-refractivity contribution in [3.8, 4) is 0 Å². The van der Waals surface area contributed by atoms with Gasteiger partial charge in [-0.1, -0.05) is 0 Å². The largest absolute Gasteiger partial charge is 0.392 e. The highest BCUT2D eigenvalue weighted by Gasteiger charge is 2.44. The second-order valence-corrected chi connectivity index (χ2v) is 3.84. The molecule has 0 radical (unpaired) electrons. The van der Waals surface area contributed by atoms with Crippen molar-refractivity contribution < 1.29 is 14.6 Å². The van der Waals surface area contributed by atoms with Gasteiger partial charge in [-0.15, -0.1) is 0 Å². The number of ketones is 1. The van der Waals surface area contributed by atoms with E-state index in [1.807, 2.05) is 6.92 Å². The molecule has 13 heavy (non-hydrogen) atoms. The molecule has 0 aliphatic heterocycles. The number of aliphatic hydroxyl groups is 1. The number of aliphatic hydroxyl groups excluding tert-OH is 1. The van der Waals surface area contributed by atoms with Gasteiger partial charge in [0.2, 0.25) is 0 Å². The number of carbonyl (C=O) groups is 1. The van der Waals surface area contributed by atoms with Gasteiger partial charge in [0.25, 0.3) is 0 Å². The van der Waals surface area contributed by atoms with Crippen LogP contribution in [0.1, 0.15) is 19.8 Å². The molecule has 0 heterocycles. The Hall–Kier alpha value is -0.670. The van der Waals surface area contributed by atoms with Gasteiger partial charge in [0.1, 0.15) is 0 Å². The van der Waals surface area contributed by atoms with E-state index in [0.29, 0.717) is 12.8 Å². The quantitative estimate of drug-likeness (QED) is 0.648. The first kappa shape index (κ1) is 8.91. The van der Waals surface area contributed by atoms with Crippen molar-refractivity contribution in [2.75, 3.05) is 7.11 Å². The van der Waals surface area contributed by atoms with Crippen LogP contribution in [0.25, 0.3) is 0 Å². The average molecular weight is 182 g/mol. The molecule has 2 aliphatic carbocycles. The molecular formula is C10H14O3. The minimum Gasteiger partial charge on any atom is -0.392 e. The third kappa shape index (κ3) is 1.15. The number of allylic oxidation sites excluding steroid dienone is 1. The van der Waals surface area contributed by atoms with Gasteiger partial charge >= 0.3 is 0 Å². The maximum absolute atomic E-state index is 11.4. The zero-order chi connectivity index (χ0) is 9.59. The van der Waals surface area contributed by atoms with Crippen molar-refractivity contribution in [1.29, 1.82) is 0 Å². The molecule has 1 fully saturated rings. The maximum Gasteiger partial charge on any atom is 0.159 e. The summed E-state index contributed by atoms with van der Waals surface area (Å²) in [7, 11) is 1.63. The van der Waals surface area contributed by atoms with E-state index in [2.05, 4.69) is 0 Å². The zero-order valence-corrected chi connectivity index (χ0v) is 7.91. The Kier molecular flexibility index (Phi) is 2.00. The van der Waals surface area contributed by atoms with Gasteiger partial charge in [-0.05, 0) is 18.1 Å². The summed E-state index contributed by atoms with van der Waals surface area (Å²) in [6, 6.07) is 0. The highest BCUT2D eigenvalue weighted by molar-refractivity contribution is 5.99. The van der Waals surface area contributed by atoms with E-state index in [4.69, 9.17) is 4.74 Å². The molecule has 0 bridgehead atoms. The van der Waals surface area contributed by atoms with E-state index in [-0.39, 0.29) is 23.9 Å². The molecule has 0 spiro atoms. The number of hydrogen-bond donors (Lipinski definition) is 1. The van der Waals surface area contributed by atoms with Gasteiger partial charge in [0, 0.05) is 25.9 Å². The van der Waals surface area contributed by atoms with Crippen LogP contribution in [0.15, 0.2) is 11.1 Å². The van der Waals surface area contributed by atoms with Crippen molar-refractivity contribution in [3.05, 3.63) is 11.1 Å². The van der Waals surface area contributed by atoms with Crippen LogP contribution < -0.4 is 0 Å². The summed E-state index contributed by atoms with van der Waals surface area (Å²) in [5.41, 5.74) is 1.86. The van der Waals surface area contributed by atoms with Gasteiger partial charge in [-0.25, -0.2) is 0 Å². The zero-order valence-electron chi connectivity index (χ0n) is 7.91. The van der Waals surface area contributed by atoms with Crippen LogP contribution >= 0.6 is 0 Å². The maximum atomic E-state index is 11.4. The highest BCUT2D eigenvalue weighted by atomic mass is 16.5. The van der Waals surface area contributed by atoms with Crippen LogP contribution in [0, 0.1) is 5.92 Å². The van der Waals surface area contributed by atoms with Crippen molar-refractivity contribution >= 4 is 5.78 Å². The number of methoxy groups -OCH3 is 1. The number of fused-ring (bicyclic) bond motifs is 1. The fraction of sp³-hybridized carbons (Fsp3) is 0.700. The van der Waals surface area contributed by atoms with E-state index in [1.54, 1.807) is 7.11 Å². The van der Waals surface area contributed by atoms with Crippen molar-refractivity contribution in [2.45, 2.75) is 32.0 Å². The van der Waals surface area contributed by atoms with Crippen LogP contribution in [0.5, 0.6) is 0 Å². The Morgan fingerprint density at radius 2 is 2.23 bits per heavy atom. The highest BCUT2D eigenvalue weighted by Crippen LogP contribution is 2.43. The topological polar surface area (TPSA) is 46.5 Å². The average Bonchev–Trinajstić information content (AvgIpc) is 2.55. The third-order valence-corrected chi connectivity index (χ3v) is 3.21. The fourth-order valence-electron chi connectivity index (χ4n) is 2.46. The first-order chi connectivity index (χ1) is 6.15. The first-order valence-electron chi connectivity index (χ1n) is 4.60. The van der Waals surface area contributed by atoms with E-state index in [0.717, 1.165) is 11.1 Å². The first-order valence-corrected chi connectivity index (χ1v) is 4.60. The molecule has 0 amide bonds. The van der Waals surface area contributed by atoms with Gasteiger partial charge < -0.3 is 9.84 Å². The van der Waals surface area contributed by atoms with Gasteiger partial charge in [0.05, 0.1) is 12.2 Å². The molecule has 72 valence electrons. The molecule has 2 aliphatic rings. The molecule has 3 nitrogen and oxygen atoms in total. The van der Waals surface area contributed by atoms with E-state index in [9.17, 15) is 9.90 Å². The number of carbonyl (C=O) groups excluding carboxylic acids is 1. The summed E-state index contributed by atoms with van der Waals surface area (Å²) in [6.45, 7) is 1.84. The minimum atomic E-state index is -0.388. The van der Waals surface area contributed by atoms with Crippen LogP contribution in [-0.4, -0.2) is 30.2 Å². The lowest BCUT2D eigenvalue weighted by Gasteiger charge is -2.09. The number of ether oxygens (including phenoxy) is 1. The summed E-state index contributed by atoms with van der Waals surface area (Å²) in [4.78, 5) is 11.4. The van der Waals surface area contributed by atoms with Crippen molar-refractivity contribution in [3.63, 3.8) is 0 Å².